The van der Waals surface area contributed by atoms with Gasteiger partial charge in [-0.2, -0.15) is 0 Å². The molecule has 0 spiro atoms. The molecule has 0 fully saturated rings. The van der Waals surface area contributed by atoms with Gasteiger partial charge >= 0.3 is 0 Å². The average molecular weight is 306 g/mol. The van der Waals surface area contributed by atoms with E-state index >= 15 is 0 Å². The van der Waals surface area contributed by atoms with Gasteiger partial charge in [-0.1, -0.05) is 0 Å². The second kappa shape index (κ2) is 6.85. The number of nitro groups is 1. The molecular formula is C14H11FN2O3S. The molecule has 1 amide bonds. The minimum Gasteiger partial charge on any atom is -0.325 e. The standard InChI is InChI=1S/C14H11FN2O3S/c15-10-1-3-11(4-2-10)16-14(18)9-21-13-7-5-12(6-8-13)17(19)20/h1-8H,9H2,(H,16,18). The van der Waals surface area contributed by atoms with E-state index < -0.39 is 4.92 Å². The van der Waals surface area contributed by atoms with Crippen molar-refractivity contribution >= 4 is 29.0 Å². The summed E-state index contributed by atoms with van der Waals surface area (Å²) in [5.74, 6) is -0.437. The second-order valence-electron chi connectivity index (χ2n) is 4.09. The number of nitrogens with one attached hydrogen (secondary N) is 1. The van der Waals surface area contributed by atoms with Gasteiger partial charge in [0.1, 0.15) is 5.82 Å². The summed E-state index contributed by atoms with van der Waals surface area (Å²) in [5.41, 5.74) is 0.529. The van der Waals surface area contributed by atoms with E-state index in [9.17, 15) is 19.3 Å². The molecule has 0 atom stereocenters. The highest BCUT2D eigenvalue weighted by molar-refractivity contribution is 8.00. The van der Waals surface area contributed by atoms with Gasteiger partial charge in [0, 0.05) is 22.7 Å². The van der Waals surface area contributed by atoms with Gasteiger partial charge in [0.2, 0.25) is 5.91 Å². The summed E-state index contributed by atoms with van der Waals surface area (Å²) in [5, 5.41) is 13.1. The predicted octanol–water partition coefficient (Wildman–Crippen LogP) is 3.46. The first kappa shape index (κ1) is 15.0. The van der Waals surface area contributed by atoms with Crippen LogP contribution in [0, 0.1) is 15.9 Å². The molecule has 0 heterocycles. The maximum atomic E-state index is 12.7. The second-order valence-corrected chi connectivity index (χ2v) is 5.14. The molecule has 2 aromatic carbocycles. The molecule has 5 nitrogen and oxygen atoms in total. The number of thioether (sulfide) groups is 1. The molecule has 2 rings (SSSR count). The highest BCUT2D eigenvalue weighted by atomic mass is 32.2. The van der Waals surface area contributed by atoms with E-state index in [0.717, 1.165) is 4.90 Å². The SMILES string of the molecule is O=C(CSc1ccc([N+](=O)[O-])cc1)Nc1ccc(F)cc1. The lowest BCUT2D eigenvalue weighted by Crippen LogP contribution is -2.13. The van der Waals surface area contributed by atoms with Crippen LogP contribution in [-0.2, 0) is 4.79 Å². The third-order valence-corrected chi connectivity index (χ3v) is 3.56. The Hall–Kier alpha value is -2.41. The van der Waals surface area contributed by atoms with Crippen molar-refractivity contribution in [3.63, 3.8) is 0 Å². The van der Waals surface area contributed by atoms with Crippen molar-refractivity contribution in [2.45, 2.75) is 4.90 Å². The van der Waals surface area contributed by atoms with Gasteiger partial charge in [0.15, 0.2) is 0 Å². The Morgan fingerprint density at radius 1 is 1.14 bits per heavy atom. The maximum Gasteiger partial charge on any atom is 0.269 e. The van der Waals surface area contributed by atoms with Crippen LogP contribution in [0.4, 0.5) is 15.8 Å². The molecule has 0 saturated heterocycles. The van der Waals surface area contributed by atoms with Crippen molar-refractivity contribution in [3.05, 3.63) is 64.5 Å². The van der Waals surface area contributed by atoms with Crippen LogP contribution in [0.1, 0.15) is 0 Å². The van der Waals surface area contributed by atoms with Crippen LogP contribution in [0.5, 0.6) is 0 Å². The van der Waals surface area contributed by atoms with Gasteiger partial charge in [-0.05, 0) is 36.4 Å². The molecule has 0 unspecified atom stereocenters. The molecule has 0 saturated carbocycles. The highest BCUT2D eigenvalue weighted by Gasteiger charge is 2.07. The lowest BCUT2D eigenvalue weighted by molar-refractivity contribution is -0.384. The predicted molar refractivity (Wildman–Crippen MR) is 78.9 cm³/mol. The zero-order chi connectivity index (χ0) is 15.2. The number of nitro benzene ring substituents is 1. The molecule has 108 valence electrons. The number of halogens is 1. The van der Waals surface area contributed by atoms with E-state index in [4.69, 9.17) is 0 Å². The van der Waals surface area contributed by atoms with Crippen molar-refractivity contribution in [3.8, 4) is 0 Å². The van der Waals surface area contributed by atoms with E-state index in [1.165, 1.54) is 48.2 Å². The Kier molecular flexibility index (Phi) is 4.89. The monoisotopic (exact) mass is 306 g/mol. The van der Waals surface area contributed by atoms with Crippen molar-refractivity contribution < 1.29 is 14.1 Å². The molecule has 0 aliphatic rings. The molecule has 21 heavy (non-hydrogen) atoms. The molecular weight excluding hydrogens is 295 g/mol. The normalized spacial score (nSPS) is 10.1. The number of anilines is 1. The molecule has 0 aliphatic heterocycles. The number of carbonyl (C=O) groups is 1. The third kappa shape index (κ3) is 4.57. The maximum absolute atomic E-state index is 12.7. The fraction of sp³-hybridized carbons (Fsp3) is 0.0714. The third-order valence-electron chi connectivity index (χ3n) is 2.55. The van der Waals surface area contributed by atoms with Crippen LogP contribution in [0.25, 0.3) is 0 Å². The number of hydrogen-bond acceptors (Lipinski definition) is 4. The number of carbonyl (C=O) groups excluding carboxylic acids is 1. The summed E-state index contributed by atoms with van der Waals surface area (Å²) < 4.78 is 12.7. The van der Waals surface area contributed by atoms with Gasteiger partial charge in [-0.15, -0.1) is 11.8 Å². The van der Waals surface area contributed by atoms with E-state index in [2.05, 4.69) is 5.32 Å². The summed E-state index contributed by atoms with van der Waals surface area (Å²) >= 11 is 1.26. The Morgan fingerprint density at radius 3 is 2.33 bits per heavy atom. The quantitative estimate of drug-likeness (QED) is 0.521. The number of non-ortho nitro benzene ring substituents is 1. The summed E-state index contributed by atoms with van der Waals surface area (Å²) in [4.78, 5) is 22.5. The molecule has 2 aromatic rings. The van der Waals surface area contributed by atoms with Gasteiger partial charge < -0.3 is 5.32 Å². The van der Waals surface area contributed by atoms with Crippen LogP contribution < -0.4 is 5.32 Å². The fourth-order valence-corrected chi connectivity index (χ4v) is 2.24. The first-order chi connectivity index (χ1) is 10.0. The lowest BCUT2D eigenvalue weighted by atomic mass is 10.3. The first-order valence-corrected chi connectivity index (χ1v) is 6.96. The molecule has 0 aromatic heterocycles. The Balaban J connectivity index is 1.86. The molecule has 1 N–H and O–H groups in total. The Morgan fingerprint density at radius 2 is 1.76 bits per heavy atom. The number of amides is 1. The molecule has 7 heteroatoms. The first-order valence-electron chi connectivity index (χ1n) is 5.97. The average Bonchev–Trinajstić information content (AvgIpc) is 2.48. The lowest BCUT2D eigenvalue weighted by Gasteiger charge is -2.05. The van der Waals surface area contributed by atoms with E-state index in [0.29, 0.717) is 5.69 Å². The van der Waals surface area contributed by atoms with Gasteiger partial charge in [0.05, 0.1) is 10.7 Å². The Labute approximate surface area is 124 Å². The topological polar surface area (TPSA) is 72.2 Å². The van der Waals surface area contributed by atoms with Crippen molar-refractivity contribution in [2.24, 2.45) is 0 Å². The minimum absolute atomic E-state index is 0.00936. The largest absolute Gasteiger partial charge is 0.325 e. The van der Waals surface area contributed by atoms with Crippen molar-refractivity contribution in [2.75, 3.05) is 11.1 Å². The fourth-order valence-electron chi connectivity index (χ4n) is 1.54. The Bertz CT molecular complexity index is 644. The van der Waals surface area contributed by atoms with Crippen LogP contribution in [0.3, 0.4) is 0 Å². The number of hydrogen-bond donors (Lipinski definition) is 1. The van der Waals surface area contributed by atoms with Gasteiger partial charge in [-0.25, -0.2) is 4.39 Å². The van der Waals surface area contributed by atoms with Crippen LogP contribution in [0.2, 0.25) is 0 Å². The molecule has 0 aliphatic carbocycles. The number of benzene rings is 2. The minimum atomic E-state index is -0.476. The highest BCUT2D eigenvalue weighted by Crippen LogP contribution is 2.21. The smallest absolute Gasteiger partial charge is 0.269 e. The van der Waals surface area contributed by atoms with Gasteiger partial charge in [-0.3, -0.25) is 14.9 Å². The summed E-state index contributed by atoms with van der Waals surface area (Å²) in [7, 11) is 0. The zero-order valence-corrected chi connectivity index (χ0v) is 11.6. The van der Waals surface area contributed by atoms with Crippen LogP contribution in [0.15, 0.2) is 53.4 Å². The van der Waals surface area contributed by atoms with Crippen LogP contribution in [-0.4, -0.2) is 16.6 Å². The molecule has 0 radical (unpaired) electrons. The van der Waals surface area contributed by atoms with E-state index in [1.54, 1.807) is 12.1 Å². The van der Waals surface area contributed by atoms with Crippen molar-refractivity contribution in [1.82, 2.24) is 0 Å². The van der Waals surface area contributed by atoms with Crippen LogP contribution >= 0.6 is 11.8 Å². The van der Waals surface area contributed by atoms with Crippen molar-refractivity contribution in [1.29, 1.82) is 0 Å². The van der Waals surface area contributed by atoms with E-state index in [-0.39, 0.29) is 23.2 Å². The number of rotatable bonds is 5. The number of nitrogens with zero attached hydrogens (tertiary/aromatic N) is 1. The summed E-state index contributed by atoms with van der Waals surface area (Å²) in [6.45, 7) is 0. The summed E-state index contributed by atoms with van der Waals surface area (Å²) in [6.07, 6.45) is 0. The molecule has 0 bridgehead atoms. The zero-order valence-electron chi connectivity index (χ0n) is 10.8. The van der Waals surface area contributed by atoms with Gasteiger partial charge in [0.25, 0.3) is 5.69 Å². The summed E-state index contributed by atoms with van der Waals surface area (Å²) in [6, 6.07) is 11.4. The van der Waals surface area contributed by atoms with E-state index in [1.807, 2.05) is 0 Å².